The lowest BCUT2D eigenvalue weighted by Gasteiger charge is -2.33. The Hall–Kier alpha value is -2.84. The molecule has 2 aliphatic heterocycles. The van der Waals surface area contributed by atoms with Gasteiger partial charge in [0.2, 0.25) is 5.88 Å². The van der Waals surface area contributed by atoms with Crippen molar-refractivity contribution >= 4 is 17.5 Å². The molecule has 4 rings (SSSR count). The Kier molecular flexibility index (Phi) is 3.90. The Labute approximate surface area is 150 Å². The van der Waals surface area contributed by atoms with Crippen LogP contribution >= 0.6 is 11.8 Å². The molecule has 2 aliphatic rings. The van der Waals surface area contributed by atoms with E-state index in [1.165, 1.54) is 0 Å². The zero-order valence-corrected chi connectivity index (χ0v) is 14.5. The molecule has 0 saturated carbocycles. The average molecular weight is 348 g/mol. The summed E-state index contributed by atoms with van der Waals surface area (Å²) in [6.45, 7) is 0. The minimum Gasteiger partial charge on any atom is -0.496 e. The highest BCUT2D eigenvalue weighted by atomic mass is 32.2. The van der Waals surface area contributed by atoms with Crippen molar-refractivity contribution in [2.24, 2.45) is 5.73 Å². The monoisotopic (exact) mass is 348 g/mol. The van der Waals surface area contributed by atoms with E-state index in [-0.39, 0.29) is 11.8 Å². The van der Waals surface area contributed by atoms with Crippen LogP contribution in [-0.2, 0) is 4.74 Å². The minimum absolute atomic E-state index is 0.166. The van der Waals surface area contributed by atoms with E-state index in [1.807, 2.05) is 42.5 Å². The number of nitrogens with zero attached hydrogens (tertiary/aromatic N) is 1. The first-order valence-corrected chi connectivity index (χ1v) is 8.89. The number of benzene rings is 2. The van der Waals surface area contributed by atoms with Crippen molar-refractivity contribution < 1.29 is 9.47 Å². The highest BCUT2D eigenvalue weighted by Gasteiger charge is 2.37. The van der Waals surface area contributed by atoms with E-state index >= 15 is 0 Å². The summed E-state index contributed by atoms with van der Waals surface area (Å²) in [5, 5.41) is 9.70. The first-order chi connectivity index (χ1) is 12.2. The van der Waals surface area contributed by atoms with Gasteiger partial charge in [0.25, 0.3) is 0 Å². The number of methoxy groups -OCH3 is 1. The molecule has 5 heteroatoms. The first kappa shape index (κ1) is 15.7. The quantitative estimate of drug-likeness (QED) is 0.888. The van der Waals surface area contributed by atoms with E-state index in [4.69, 9.17) is 15.2 Å². The van der Waals surface area contributed by atoms with Crippen molar-refractivity contribution in [3.8, 4) is 11.8 Å². The predicted molar refractivity (Wildman–Crippen MR) is 97.7 cm³/mol. The van der Waals surface area contributed by atoms with Crippen LogP contribution < -0.4 is 10.5 Å². The van der Waals surface area contributed by atoms with Crippen molar-refractivity contribution in [3.05, 3.63) is 76.7 Å². The zero-order valence-electron chi connectivity index (χ0n) is 13.7. The first-order valence-electron chi connectivity index (χ1n) is 7.90. The summed E-state index contributed by atoms with van der Waals surface area (Å²) in [7, 11) is 1.64. The van der Waals surface area contributed by atoms with E-state index in [0.717, 1.165) is 38.9 Å². The van der Waals surface area contributed by atoms with E-state index < -0.39 is 0 Å². The van der Waals surface area contributed by atoms with Crippen LogP contribution in [0.15, 0.2) is 70.5 Å². The van der Waals surface area contributed by atoms with Crippen LogP contribution in [0.3, 0.4) is 0 Å². The predicted octanol–water partition coefficient (Wildman–Crippen LogP) is 4.02. The third kappa shape index (κ3) is 2.46. The minimum atomic E-state index is -0.259. The number of fused-ring (bicyclic) bond motifs is 2. The van der Waals surface area contributed by atoms with Gasteiger partial charge in [-0.05, 0) is 17.7 Å². The van der Waals surface area contributed by atoms with E-state index in [9.17, 15) is 5.26 Å². The van der Waals surface area contributed by atoms with E-state index in [2.05, 4.69) is 12.1 Å². The Balaban J connectivity index is 1.95. The fourth-order valence-electron chi connectivity index (χ4n) is 3.36. The van der Waals surface area contributed by atoms with Gasteiger partial charge in [-0.15, -0.1) is 11.8 Å². The zero-order chi connectivity index (χ0) is 17.4. The van der Waals surface area contributed by atoms with Crippen LogP contribution in [0, 0.1) is 11.3 Å². The third-order valence-electron chi connectivity index (χ3n) is 4.49. The van der Waals surface area contributed by atoms with Gasteiger partial charge in [-0.3, -0.25) is 0 Å². The molecular weight excluding hydrogens is 332 g/mol. The second kappa shape index (κ2) is 6.23. The number of nitriles is 1. The molecule has 0 radical (unpaired) electrons. The summed E-state index contributed by atoms with van der Waals surface area (Å²) in [6.07, 6.45) is 0. The van der Waals surface area contributed by atoms with Crippen LogP contribution in [-0.4, -0.2) is 12.9 Å². The lowest BCUT2D eigenvalue weighted by atomic mass is 9.82. The molecule has 25 heavy (non-hydrogen) atoms. The molecule has 0 aromatic heterocycles. The number of hydrogen-bond acceptors (Lipinski definition) is 5. The lowest BCUT2D eigenvalue weighted by Crippen LogP contribution is -2.23. The smallest absolute Gasteiger partial charge is 0.205 e. The molecule has 1 unspecified atom stereocenters. The second-order valence-corrected chi connectivity index (χ2v) is 6.82. The number of allylic oxidation sites excluding steroid dienone is 1. The molecule has 2 N–H and O–H groups in total. The van der Waals surface area contributed by atoms with Crippen LogP contribution in [0.5, 0.6) is 5.75 Å². The van der Waals surface area contributed by atoms with E-state index in [0.29, 0.717) is 5.57 Å². The van der Waals surface area contributed by atoms with Crippen molar-refractivity contribution in [1.82, 2.24) is 0 Å². The number of rotatable bonds is 2. The Morgan fingerprint density at radius 1 is 1.20 bits per heavy atom. The second-order valence-electron chi connectivity index (χ2n) is 5.81. The van der Waals surface area contributed by atoms with Crippen molar-refractivity contribution in [1.29, 1.82) is 5.26 Å². The van der Waals surface area contributed by atoms with Crippen LogP contribution in [0.4, 0.5) is 0 Å². The Morgan fingerprint density at radius 2 is 1.96 bits per heavy atom. The maximum atomic E-state index is 9.70. The number of hydrogen-bond donors (Lipinski definition) is 1. The average Bonchev–Trinajstić information content (AvgIpc) is 2.66. The number of nitrogens with two attached hydrogens (primary N) is 1. The maximum absolute atomic E-state index is 9.70. The summed E-state index contributed by atoms with van der Waals surface area (Å²) in [6, 6.07) is 18.1. The summed E-state index contributed by atoms with van der Waals surface area (Å²) in [5.41, 5.74) is 9.57. The van der Waals surface area contributed by atoms with Gasteiger partial charge in [0.1, 0.15) is 23.2 Å². The third-order valence-corrected chi connectivity index (χ3v) is 5.61. The fraction of sp³-hybridized carbons (Fsp3) is 0.150. The molecule has 0 fully saturated rings. The number of para-hydroxylation sites is 1. The summed E-state index contributed by atoms with van der Waals surface area (Å²) < 4.78 is 11.4. The van der Waals surface area contributed by atoms with Crippen molar-refractivity contribution in [3.63, 3.8) is 0 Å². The van der Waals surface area contributed by atoms with Gasteiger partial charge >= 0.3 is 0 Å². The molecule has 0 bridgehead atoms. The molecule has 0 saturated heterocycles. The standard InChI is InChI=1S/C20H16N2O2S/c1-23-16-8-4-2-6-12(16)18-14(10-21)20(22)24-19-13-7-3-5-9-17(13)25-11-15(18)19/h2-9,18H,11,22H2,1H3. The SMILES string of the molecule is COc1ccccc1C1C(C#N)=C(N)OC2=C1CSc1ccccc12. The molecule has 0 aliphatic carbocycles. The van der Waals surface area contributed by atoms with Gasteiger partial charge in [-0.25, -0.2) is 0 Å². The maximum Gasteiger partial charge on any atom is 0.205 e. The molecule has 4 nitrogen and oxygen atoms in total. The van der Waals surface area contributed by atoms with Gasteiger partial charge in [-0.2, -0.15) is 5.26 Å². The summed E-state index contributed by atoms with van der Waals surface area (Å²) >= 11 is 1.75. The normalized spacial score (nSPS) is 18.8. The summed E-state index contributed by atoms with van der Waals surface area (Å²) in [5.74, 6) is 2.16. The molecule has 2 aromatic rings. The van der Waals surface area contributed by atoms with Crippen LogP contribution in [0.25, 0.3) is 5.76 Å². The van der Waals surface area contributed by atoms with Crippen molar-refractivity contribution in [2.45, 2.75) is 10.8 Å². The van der Waals surface area contributed by atoms with Gasteiger partial charge in [0, 0.05) is 21.8 Å². The molecule has 1 atom stereocenters. The molecule has 124 valence electrons. The van der Waals surface area contributed by atoms with Crippen LogP contribution in [0.1, 0.15) is 17.0 Å². The molecule has 2 heterocycles. The van der Waals surface area contributed by atoms with Crippen molar-refractivity contribution in [2.75, 3.05) is 12.9 Å². The molecule has 0 amide bonds. The highest BCUT2D eigenvalue weighted by Crippen LogP contribution is 2.50. The van der Waals surface area contributed by atoms with E-state index in [1.54, 1.807) is 18.9 Å². The number of thioether (sulfide) groups is 1. The largest absolute Gasteiger partial charge is 0.496 e. The molecule has 0 spiro atoms. The molecular formula is C20H16N2O2S. The highest BCUT2D eigenvalue weighted by molar-refractivity contribution is 7.99. The topological polar surface area (TPSA) is 68.3 Å². The van der Waals surface area contributed by atoms with Crippen LogP contribution in [0.2, 0.25) is 0 Å². The van der Waals surface area contributed by atoms with Gasteiger partial charge in [0.05, 0.1) is 13.0 Å². The lowest BCUT2D eigenvalue weighted by molar-refractivity contribution is 0.352. The van der Waals surface area contributed by atoms with Gasteiger partial charge in [0.15, 0.2) is 0 Å². The summed E-state index contributed by atoms with van der Waals surface area (Å²) in [4.78, 5) is 1.16. The Morgan fingerprint density at radius 3 is 2.76 bits per heavy atom. The number of ether oxygens (including phenoxy) is 2. The Bertz CT molecular complexity index is 956. The van der Waals surface area contributed by atoms with Gasteiger partial charge < -0.3 is 15.2 Å². The fourth-order valence-corrected chi connectivity index (χ4v) is 4.46. The molecule has 2 aromatic carbocycles. The van der Waals surface area contributed by atoms with Gasteiger partial charge in [-0.1, -0.05) is 36.4 Å².